The number of phosphoric acid groups is 2. The number of methoxy groups -OCH3 is 1. The lowest BCUT2D eigenvalue weighted by atomic mass is 9.89. The number of rotatable bonds is 20. The van der Waals surface area contributed by atoms with Gasteiger partial charge in [-0.2, -0.15) is 0 Å². The Balaban J connectivity index is 0.880. The number of nitrogen functional groups attached to an aromatic ring is 3. The summed E-state index contributed by atoms with van der Waals surface area (Å²) >= 11 is 0.457. The molecule has 0 aliphatic carbocycles. The molecule has 12 N–H and O–H groups in total. The number of hydrogen-bond acceptors (Lipinski definition) is 29. The van der Waals surface area contributed by atoms with Gasteiger partial charge in [-0.25, -0.2) is 58.6 Å². The Kier molecular flexibility index (Phi) is 14.8. The van der Waals surface area contributed by atoms with E-state index in [-0.39, 0.29) is 69.7 Å². The maximum atomic E-state index is 14.1. The van der Waals surface area contributed by atoms with Crippen molar-refractivity contribution < 1.29 is 90.0 Å². The molecule has 74 heavy (non-hydrogen) atoms. The Bertz CT molecular complexity index is 3160. The quantitative estimate of drug-likeness (QED) is 0.0417. The molecule has 4 saturated heterocycles. The van der Waals surface area contributed by atoms with Crippen LogP contribution < -0.4 is 17.2 Å². The number of ether oxygens (including phenoxy) is 5. The van der Waals surface area contributed by atoms with E-state index in [1.165, 1.54) is 46.1 Å². The van der Waals surface area contributed by atoms with E-state index in [1.54, 1.807) is 0 Å². The molecule has 0 radical (unpaired) electrons. The van der Waals surface area contributed by atoms with E-state index in [2.05, 4.69) is 44.9 Å². The average molecular weight is 1120 g/mol. The fourth-order valence-electron chi connectivity index (χ4n) is 9.19. The Morgan fingerprint density at radius 3 is 1.77 bits per heavy atom. The highest BCUT2D eigenvalue weighted by Gasteiger charge is 2.59. The number of hydrogen-bond donors (Lipinski definition) is 9. The highest BCUT2D eigenvalue weighted by Crippen LogP contribution is 2.57. The van der Waals surface area contributed by atoms with Crippen LogP contribution in [0, 0.1) is 0 Å². The molecule has 6 aromatic rings. The van der Waals surface area contributed by atoms with Crippen molar-refractivity contribution in [3.63, 3.8) is 0 Å². The topological polar surface area (TPSA) is 474 Å². The molecule has 6 aromatic heterocycles. The largest absolute Gasteiger partial charge is 0.472 e. The van der Waals surface area contributed by atoms with Crippen molar-refractivity contribution in [2.75, 3.05) is 63.1 Å². The van der Waals surface area contributed by atoms with Gasteiger partial charge in [0.1, 0.15) is 90.0 Å². The van der Waals surface area contributed by atoms with Gasteiger partial charge in [0, 0.05) is 19.5 Å². The second kappa shape index (κ2) is 20.8. The lowest BCUT2D eigenvalue weighted by molar-refractivity contribution is -0.165. The summed E-state index contributed by atoms with van der Waals surface area (Å²) in [6, 6.07) is 0. The summed E-state index contributed by atoms with van der Waals surface area (Å²) in [7, 11) is -9.47. The third-order valence-electron chi connectivity index (χ3n) is 12.5. The molecule has 0 saturated carbocycles. The molecular formula is C36H48N15O19P3S. The zero-order valence-corrected chi connectivity index (χ0v) is 41.8. The van der Waals surface area contributed by atoms with Crippen molar-refractivity contribution in [2.24, 2.45) is 0 Å². The zero-order valence-electron chi connectivity index (χ0n) is 38.3. The molecule has 4 aliphatic heterocycles. The van der Waals surface area contributed by atoms with Gasteiger partial charge in [-0.05, 0) is 24.2 Å². The first-order valence-corrected chi connectivity index (χ1v) is 28.3. The zero-order chi connectivity index (χ0) is 52.3. The van der Waals surface area contributed by atoms with Crippen molar-refractivity contribution in [1.29, 1.82) is 0 Å². The normalized spacial score (nSPS) is 31.7. The fourth-order valence-corrected chi connectivity index (χ4v) is 13.2. The number of anilines is 3. The van der Waals surface area contributed by atoms with Crippen LogP contribution in [-0.4, -0.2) is 189 Å². The van der Waals surface area contributed by atoms with E-state index in [1.807, 2.05) is 0 Å². The van der Waals surface area contributed by atoms with E-state index in [0.717, 1.165) is 12.7 Å². The first-order valence-electron chi connectivity index (χ1n) is 22.2. The number of nitrogens with two attached hydrogens (primary N) is 3. The van der Waals surface area contributed by atoms with Crippen LogP contribution in [0.1, 0.15) is 31.5 Å². The Hall–Kier alpha value is -4.55. The van der Waals surface area contributed by atoms with Gasteiger partial charge in [-0.1, -0.05) is 0 Å². The molecule has 34 nitrogen and oxygen atoms in total. The molecular weight excluding hydrogens is 1070 g/mol. The van der Waals surface area contributed by atoms with Crippen molar-refractivity contribution in [3.8, 4) is 0 Å². The van der Waals surface area contributed by atoms with Gasteiger partial charge >= 0.3 is 22.4 Å². The predicted octanol–water partition coefficient (Wildman–Crippen LogP) is -0.922. The second-order valence-electron chi connectivity index (χ2n) is 17.0. The predicted molar refractivity (Wildman–Crippen MR) is 248 cm³/mol. The molecule has 0 aromatic carbocycles. The molecule has 10 rings (SSSR count). The van der Waals surface area contributed by atoms with Crippen LogP contribution in [0.3, 0.4) is 0 Å². The monoisotopic (exact) mass is 1120 g/mol. The van der Waals surface area contributed by atoms with E-state index in [9.17, 15) is 38.6 Å². The van der Waals surface area contributed by atoms with Gasteiger partial charge in [0.05, 0.1) is 45.4 Å². The van der Waals surface area contributed by atoms with Crippen molar-refractivity contribution in [3.05, 3.63) is 38.0 Å². The minimum atomic E-state index is -5.35. The highest BCUT2D eigenvalue weighted by atomic mass is 32.7. The maximum absolute atomic E-state index is 14.1. The SMILES string of the molecule is CO[C@@H]1C(OP(=O)(O)OC[C@H]2O[C@@H](n3cnc4c(N)ncnc43)C(OP(=O)(O)OC[C@]34CCCO[C@@H]3C(O)[C@H](n3cnc5c(N)ncnc53)O4)[C@H]2O)[C@H](n2cnc3c(N)ncnc32)O[C@@H]1COP(=O)(O)SCCO. The molecule has 0 spiro atoms. The number of nitrogens with zero attached hydrogens (tertiary/aromatic N) is 12. The van der Waals surface area contributed by atoms with Crippen molar-refractivity contribution >= 4 is 84.8 Å². The summed E-state index contributed by atoms with van der Waals surface area (Å²) in [6.07, 6.45) is -8.59. The fraction of sp³-hybridized carbons (Fsp3) is 0.583. The molecule has 10 heterocycles. The van der Waals surface area contributed by atoms with Crippen LogP contribution in [0.2, 0.25) is 0 Å². The summed E-state index contributed by atoms with van der Waals surface area (Å²) in [5, 5.41) is 32.6. The Labute approximate surface area is 419 Å². The summed E-state index contributed by atoms with van der Waals surface area (Å²) in [5.74, 6) is -0.120. The van der Waals surface area contributed by atoms with Crippen LogP contribution >= 0.6 is 33.8 Å². The molecule has 6 unspecified atom stereocenters. The van der Waals surface area contributed by atoms with Crippen LogP contribution in [0.15, 0.2) is 38.0 Å². The number of phosphoric ester groups is 2. The highest BCUT2D eigenvalue weighted by molar-refractivity contribution is 8.54. The summed E-state index contributed by atoms with van der Waals surface area (Å²) in [6.45, 7) is -6.82. The molecule has 0 bridgehead atoms. The van der Waals surface area contributed by atoms with E-state index >= 15 is 0 Å². The van der Waals surface area contributed by atoms with Crippen molar-refractivity contribution in [2.45, 2.75) is 86.0 Å². The molecule has 4 fully saturated rings. The molecule has 38 heteroatoms. The van der Waals surface area contributed by atoms with Crippen LogP contribution in [-0.2, 0) is 60.0 Å². The Morgan fingerprint density at radius 2 is 1.20 bits per heavy atom. The number of aromatic nitrogens is 12. The van der Waals surface area contributed by atoms with Crippen LogP contribution in [0.25, 0.3) is 33.5 Å². The first kappa shape index (κ1) is 52.9. The maximum Gasteiger partial charge on any atom is 0.472 e. The minimum Gasteiger partial charge on any atom is -0.396 e. The van der Waals surface area contributed by atoms with E-state index < -0.39 is 122 Å². The summed E-state index contributed by atoms with van der Waals surface area (Å²) < 4.78 is 103. The lowest BCUT2D eigenvalue weighted by Gasteiger charge is -2.38. The number of aliphatic hydroxyl groups is 3. The number of fused-ring (bicyclic) bond motifs is 4. The van der Waals surface area contributed by atoms with Crippen LogP contribution in [0.5, 0.6) is 0 Å². The lowest BCUT2D eigenvalue weighted by Crippen LogP contribution is -2.51. The van der Waals surface area contributed by atoms with Crippen molar-refractivity contribution in [1.82, 2.24) is 58.6 Å². The van der Waals surface area contributed by atoms with Gasteiger partial charge in [0.2, 0.25) is 0 Å². The average Bonchev–Trinajstić information content (AvgIpc) is 4.24. The third-order valence-corrected chi connectivity index (χ3v) is 17.5. The summed E-state index contributed by atoms with van der Waals surface area (Å²) in [4.78, 5) is 70.2. The second-order valence-corrected chi connectivity index (χ2v) is 23.8. The van der Waals surface area contributed by atoms with E-state index in [4.69, 9.17) is 68.6 Å². The van der Waals surface area contributed by atoms with E-state index in [0.29, 0.717) is 17.8 Å². The van der Waals surface area contributed by atoms with Gasteiger partial charge in [0.25, 0.3) is 0 Å². The van der Waals surface area contributed by atoms with Gasteiger partial charge in [-0.15, -0.1) is 0 Å². The third kappa shape index (κ3) is 10.1. The first-order chi connectivity index (χ1) is 35.3. The summed E-state index contributed by atoms with van der Waals surface area (Å²) in [5.41, 5.74) is 17.3. The standard InChI is InChI=1S/C36H48N15O19P3S/c1-61-23-17(8-64-73(59,60)74-6-4-52)67-35(51-15-48-20-29(39)42-12-45-32(20)51)25(23)70-71(55,56)63-7-16-21(53)24(34(66-16)50-14-47-19-28(38)41-11-44-31(19)50)69-72(57,58)65-9-36-3-2-5-62-26(36)22(54)33(68-36)49-13-46-18-27(37)40-10-43-30(18)49/h10-17,21-26,33-35,52-54H,2-9H2,1H3,(H,55,56)(H,57,58)(H,59,60)(H2,37,40,43)(H2,38,41,44)(H2,39,42,45)/t16-,17-,21+,22?,23+,24?,25?,26-,33-,34-,35-,36-/m1/s1. The molecule has 0 amide bonds. The smallest absolute Gasteiger partial charge is 0.396 e. The number of imidazole rings is 3. The van der Waals surface area contributed by atoms with Gasteiger partial charge in [-0.3, -0.25) is 36.3 Å². The molecule has 15 atom stereocenters. The minimum absolute atomic E-state index is 0.0172. The van der Waals surface area contributed by atoms with Gasteiger partial charge < -0.3 is 70.9 Å². The molecule has 402 valence electrons. The Morgan fingerprint density at radius 1 is 0.689 bits per heavy atom. The van der Waals surface area contributed by atoms with Crippen LogP contribution in [0.4, 0.5) is 17.5 Å². The van der Waals surface area contributed by atoms with Gasteiger partial charge in [0.15, 0.2) is 53.1 Å². The number of aliphatic hydroxyl groups excluding tert-OH is 3. The molecule has 4 aliphatic rings.